The van der Waals surface area contributed by atoms with Gasteiger partial charge in [-0.25, -0.2) is 0 Å². The minimum atomic E-state index is -0.765. The fourth-order valence-corrected chi connectivity index (χ4v) is 7.73. The largest absolute Gasteiger partial charge is 0.486 e. The van der Waals surface area contributed by atoms with Crippen molar-refractivity contribution in [3.8, 4) is 35.1 Å². The molecular weight excluding hydrogens is 765 g/mol. The van der Waals surface area contributed by atoms with Gasteiger partial charge in [0.1, 0.15) is 32.7 Å². The summed E-state index contributed by atoms with van der Waals surface area (Å²) in [6.07, 6.45) is 6.08. The van der Waals surface area contributed by atoms with E-state index < -0.39 is 16.8 Å². The van der Waals surface area contributed by atoms with E-state index in [1.165, 1.54) is 0 Å². The molecule has 0 amide bonds. The van der Waals surface area contributed by atoms with E-state index in [1.807, 2.05) is 145 Å². The maximum absolute atomic E-state index is 11.2. The molecule has 2 aliphatic carbocycles. The van der Waals surface area contributed by atoms with Gasteiger partial charge in [-0.1, -0.05) is 123 Å². The van der Waals surface area contributed by atoms with Crippen molar-refractivity contribution in [2.45, 2.75) is 201 Å². The monoisotopic (exact) mass is 855 g/mol. The lowest BCUT2D eigenvalue weighted by molar-refractivity contribution is -0.143. The minimum Gasteiger partial charge on any atom is -0.486 e. The first kappa shape index (κ1) is 63.4. The van der Waals surface area contributed by atoms with E-state index in [0.29, 0.717) is 70.7 Å². The minimum absolute atomic E-state index is 0.0835. The molecule has 2 aromatic rings. The number of ether oxygens (including phenoxy) is 4. The topological polar surface area (TPSA) is 139 Å². The summed E-state index contributed by atoms with van der Waals surface area (Å²) < 4.78 is 23.3. The number of nitriles is 2. The molecule has 0 unspecified atom stereocenters. The molecule has 4 aliphatic rings. The number of rotatable bonds is 4. The van der Waals surface area contributed by atoms with Gasteiger partial charge in [-0.2, -0.15) is 10.5 Å². The van der Waals surface area contributed by atoms with Crippen LogP contribution in [0.15, 0.2) is 12.1 Å². The Labute approximate surface area is 374 Å². The second-order valence-electron chi connectivity index (χ2n) is 13.0. The molecule has 0 bridgehead atoms. The highest BCUT2D eigenvalue weighted by Crippen LogP contribution is 2.52. The molecule has 0 atom stereocenters. The molecule has 61 heavy (non-hydrogen) atoms. The number of hydrogen-bond donors (Lipinski definition) is 1. The molecule has 0 radical (unpaired) electrons. The van der Waals surface area contributed by atoms with Crippen LogP contribution in [-0.4, -0.2) is 43.8 Å². The molecule has 0 aromatic heterocycles. The predicted molar refractivity (Wildman–Crippen MR) is 257 cm³/mol. The van der Waals surface area contributed by atoms with Gasteiger partial charge in [0.2, 0.25) is 0 Å². The summed E-state index contributed by atoms with van der Waals surface area (Å²) in [5.74, 6) is 1.90. The van der Waals surface area contributed by atoms with E-state index in [1.54, 1.807) is 0 Å². The van der Waals surface area contributed by atoms with Crippen LogP contribution in [0.5, 0.6) is 23.0 Å². The third-order valence-electron chi connectivity index (χ3n) is 10.0. The van der Waals surface area contributed by atoms with Crippen molar-refractivity contribution in [3.05, 3.63) is 45.5 Å². The Bertz CT molecular complexity index is 1560. The van der Waals surface area contributed by atoms with E-state index in [4.69, 9.17) is 18.9 Å². The Morgan fingerprint density at radius 3 is 1.08 bits per heavy atom. The Kier molecular flexibility index (Phi) is 37.8. The molecule has 2 heterocycles. The van der Waals surface area contributed by atoms with Crippen LogP contribution in [0.2, 0.25) is 0 Å². The molecule has 2 fully saturated rings. The van der Waals surface area contributed by atoms with Crippen molar-refractivity contribution in [2.75, 3.05) is 26.4 Å². The number of carbonyl (C=O) groups excluding carboxylic acids is 1. The summed E-state index contributed by atoms with van der Waals surface area (Å²) in [5.41, 5.74) is 4.76. The van der Waals surface area contributed by atoms with Crippen LogP contribution in [0.3, 0.4) is 0 Å². The van der Waals surface area contributed by atoms with Gasteiger partial charge in [0.15, 0.2) is 23.0 Å². The second-order valence-corrected chi connectivity index (χ2v) is 13.0. The summed E-state index contributed by atoms with van der Waals surface area (Å²) in [4.78, 5) is 22.2. The molecule has 0 saturated heterocycles. The lowest BCUT2D eigenvalue weighted by atomic mass is 9.66. The van der Waals surface area contributed by atoms with E-state index >= 15 is 0 Å². The molecule has 9 heteroatoms. The van der Waals surface area contributed by atoms with E-state index in [2.05, 4.69) is 18.2 Å². The van der Waals surface area contributed by atoms with Crippen LogP contribution < -0.4 is 18.9 Å². The standard InChI is InChI=1S/C18H21NO4.C18H21NO3.8C2H6/c1-11-9-12(2)15-16(23-8-7-22-15)14(11)18(10-19)5-3-13(4-6-18)17(20)21;1-12-9-13(2)16-17(22-8-7-21-16)15(12)18(11-19)5-3-14(10-20)4-6-18;8*1-2/h9,13H,3-8H2,1-2H3,(H,20,21);9-10,14H,3-8H2,1-2H3;8*1-2H3. The molecule has 350 valence electrons. The number of benzene rings is 2. The highest BCUT2D eigenvalue weighted by atomic mass is 16.6. The van der Waals surface area contributed by atoms with Gasteiger partial charge in [0.05, 0.1) is 28.9 Å². The maximum Gasteiger partial charge on any atom is 0.306 e. The number of nitrogens with zero attached hydrogens (tertiary/aromatic N) is 2. The first-order valence-electron chi connectivity index (χ1n) is 23.9. The molecular formula is C52H90N2O7. The zero-order chi connectivity index (χ0) is 48.4. The number of aryl methyl sites for hydroxylation is 4. The number of hydrogen-bond acceptors (Lipinski definition) is 8. The van der Waals surface area contributed by atoms with Crippen molar-refractivity contribution in [1.29, 1.82) is 10.5 Å². The van der Waals surface area contributed by atoms with Gasteiger partial charge in [-0.3, -0.25) is 4.79 Å². The van der Waals surface area contributed by atoms with Crippen molar-refractivity contribution >= 4 is 12.3 Å². The second kappa shape index (κ2) is 36.4. The van der Waals surface area contributed by atoms with Crippen LogP contribution >= 0.6 is 0 Å². The number of aldehydes is 1. The number of carboxylic acid groups (broad SMARTS) is 1. The van der Waals surface area contributed by atoms with Crippen LogP contribution in [0, 0.1) is 62.2 Å². The van der Waals surface area contributed by atoms with Crippen molar-refractivity contribution in [2.24, 2.45) is 11.8 Å². The average Bonchev–Trinajstić information content (AvgIpc) is 3.34. The summed E-state index contributed by atoms with van der Waals surface area (Å²) >= 11 is 0. The molecule has 1 N–H and O–H groups in total. The summed E-state index contributed by atoms with van der Waals surface area (Å²) in [6, 6.07) is 9.12. The molecule has 2 aromatic carbocycles. The Hall–Kier alpha value is -4.24. The molecule has 0 spiro atoms. The van der Waals surface area contributed by atoms with Gasteiger partial charge >= 0.3 is 5.97 Å². The number of carbonyl (C=O) groups is 2. The summed E-state index contributed by atoms with van der Waals surface area (Å²) in [6.45, 7) is 42.1. The molecule has 2 saturated carbocycles. The fraction of sp³-hybridized carbons (Fsp3) is 0.692. The van der Waals surface area contributed by atoms with Crippen molar-refractivity contribution in [3.63, 3.8) is 0 Å². The van der Waals surface area contributed by atoms with E-state index in [9.17, 15) is 25.2 Å². The quantitative estimate of drug-likeness (QED) is 0.298. The van der Waals surface area contributed by atoms with Gasteiger partial charge in [-0.15, -0.1) is 0 Å². The number of aliphatic carboxylic acids is 1. The SMILES string of the molecule is CC.CC.CC.CC.CC.CC.CC.CC.Cc1cc(C)c(C2(C#N)CCC(C(=O)O)CC2)c2c1OCCO2.Cc1cc(C)c(C2(C#N)CCC(C=O)CC2)c2c1OCCO2. The fourth-order valence-electron chi connectivity index (χ4n) is 7.73. The molecule has 6 rings (SSSR count). The summed E-state index contributed by atoms with van der Waals surface area (Å²) in [7, 11) is 0. The lowest BCUT2D eigenvalue weighted by Gasteiger charge is -2.37. The van der Waals surface area contributed by atoms with Gasteiger partial charge < -0.3 is 28.8 Å². The Morgan fingerprint density at radius 1 is 0.541 bits per heavy atom. The molecule has 2 aliphatic heterocycles. The zero-order valence-corrected chi connectivity index (χ0v) is 42.7. The zero-order valence-electron chi connectivity index (χ0n) is 42.7. The van der Waals surface area contributed by atoms with E-state index in [-0.39, 0.29) is 11.8 Å². The Balaban J connectivity index is -0.000000402. The first-order valence-corrected chi connectivity index (χ1v) is 23.9. The predicted octanol–water partition coefficient (Wildman–Crippen LogP) is 14.5. The van der Waals surface area contributed by atoms with Crippen LogP contribution in [-0.2, 0) is 20.4 Å². The van der Waals surface area contributed by atoms with Crippen LogP contribution in [0.25, 0.3) is 0 Å². The Morgan fingerprint density at radius 2 is 0.820 bits per heavy atom. The summed E-state index contributed by atoms with van der Waals surface area (Å²) in [5, 5.41) is 29.0. The van der Waals surface area contributed by atoms with Crippen molar-refractivity contribution in [1.82, 2.24) is 0 Å². The van der Waals surface area contributed by atoms with Gasteiger partial charge in [-0.05, 0) is 101 Å². The highest BCUT2D eigenvalue weighted by molar-refractivity contribution is 5.70. The average molecular weight is 855 g/mol. The maximum atomic E-state index is 11.2. The van der Waals surface area contributed by atoms with Gasteiger partial charge in [0, 0.05) is 17.0 Å². The normalized spacial score (nSPS) is 20.5. The van der Waals surface area contributed by atoms with Crippen molar-refractivity contribution < 1.29 is 33.6 Å². The first-order chi connectivity index (χ1) is 29.6. The smallest absolute Gasteiger partial charge is 0.306 e. The third-order valence-corrected chi connectivity index (χ3v) is 10.0. The van der Waals surface area contributed by atoms with Crippen LogP contribution in [0.1, 0.15) is 196 Å². The molecule has 9 nitrogen and oxygen atoms in total. The van der Waals surface area contributed by atoms with Crippen LogP contribution in [0.4, 0.5) is 0 Å². The number of carboxylic acids is 1. The lowest BCUT2D eigenvalue weighted by Crippen LogP contribution is -2.34. The highest BCUT2D eigenvalue weighted by Gasteiger charge is 2.44. The third kappa shape index (κ3) is 16.9. The van der Waals surface area contributed by atoms with Gasteiger partial charge in [0.25, 0.3) is 0 Å². The van der Waals surface area contributed by atoms with E-state index in [0.717, 1.165) is 69.8 Å². The number of fused-ring (bicyclic) bond motifs is 2.